The van der Waals surface area contributed by atoms with Crippen molar-refractivity contribution >= 4 is 12.0 Å². The molecular formula is C23H33N5O4. The van der Waals surface area contributed by atoms with E-state index in [-0.39, 0.29) is 18.2 Å². The summed E-state index contributed by atoms with van der Waals surface area (Å²) in [7, 11) is 1.65. The van der Waals surface area contributed by atoms with Gasteiger partial charge < -0.3 is 19.3 Å². The lowest BCUT2D eigenvalue weighted by molar-refractivity contribution is -0.133. The summed E-state index contributed by atoms with van der Waals surface area (Å²) in [6, 6.07) is 5.64. The standard InChI is InChI=1S/C23H33N5O4/c1-23(2,3)32-22(30)27(4)13-10-21(29)28-12-5-6-17(15-28)16-31-18-7-8-19(24-14-18)20-9-11-25-26-20/h7-9,11,14,17H,5-6,10,12-13,15-16H2,1-4H3,(H,25,26)/t17-/m1/s1. The monoisotopic (exact) mass is 443 g/mol. The van der Waals surface area contributed by atoms with E-state index in [1.165, 1.54) is 4.90 Å². The van der Waals surface area contributed by atoms with Crippen LogP contribution in [0, 0.1) is 5.92 Å². The fourth-order valence-corrected chi connectivity index (χ4v) is 3.52. The number of aromatic nitrogens is 3. The molecule has 0 saturated carbocycles. The van der Waals surface area contributed by atoms with E-state index in [4.69, 9.17) is 9.47 Å². The smallest absolute Gasteiger partial charge is 0.410 e. The van der Waals surface area contributed by atoms with E-state index in [9.17, 15) is 9.59 Å². The predicted molar refractivity (Wildman–Crippen MR) is 120 cm³/mol. The molecule has 0 aliphatic carbocycles. The second-order valence-electron chi connectivity index (χ2n) is 9.16. The van der Waals surface area contributed by atoms with E-state index < -0.39 is 11.7 Å². The maximum Gasteiger partial charge on any atom is 0.410 e. The van der Waals surface area contributed by atoms with Crippen LogP contribution in [0.4, 0.5) is 4.79 Å². The van der Waals surface area contributed by atoms with Gasteiger partial charge in [-0.15, -0.1) is 0 Å². The first-order valence-electron chi connectivity index (χ1n) is 11.0. The average Bonchev–Trinajstić information content (AvgIpc) is 3.30. The summed E-state index contributed by atoms with van der Waals surface area (Å²) >= 11 is 0. The van der Waals surface area contributed by atoms with Crippen LogP contribution < -0.4 is 4.74 Å². The summed E-state index contributed by atoms with van der Waals surface area (Å²) in [4.78, 5) is 32.5. The summed E-state index contributed by atoms with van der Waals surface area (Å²) in [6.45, 7) is 7.74. The fraction of sp³-hybridized carbons (Fsp3) is 0.565. The topological polar surface area (TPSA) is 101 Å². The van der Waals surface area contributed by atoms with E-state index in [0.717, 1.165) is 30.8 Å². The minimum atomic E-state index is -0.551. The second kappa shape index (κ2) is 10.5. The van der Waals surface area contributed by atoms with Gasteiger partial charge in [0.1, 0.15) is 11.4 Å². The van der Waals surface area contributed by atoms with Gasteiger partial charge in [-0.2, -0.15) is 5.10 Å². The number of carbonyl (C=O) groups is 2. The molecule has 2 aromatic rings. The quantitative estimate of drug-likeness (QED) is 0.704. The fourth-order valence-electron chi connectivity index (χ4n) is 3.52. The highest BCUT2D eigenvalue weighted by atomic mass is 16.6. The predicted octanol–water partition coefficient (Wildman–Crippen LogP) is 3.35. The maximum atomic E-state index is 12.7. The Balaban J connectivity index is 1.42. The highest BCUT2D eigenvalue weighted by Crippen LogP contribution is 2.21. The summed E-state index contributed by atoms with van der Waals surface area (Å²) in [6.07, 6.45) is 5.21. The van der Waals surface area contributed by atoms with Crippen molar-refractivity contribution in [2.75, 3.05) is 33.3 Å². The summed E-state index contributed by atoms with van der Waals surface area (Å²) in [5.41, 5.74) is 1.11. The third-order valence-corrected chi connectivity index (χ3v) is 5.24. The van der Waals surface area contributed by atoms with Gasteiger partial charge in [-0.1, -0.05) is 0 Å². The van der Waals surface area contributed by atoms with Crippen molar-refractivity contribution in [1.82, 2.24) is 25.0 Å². The number of aromatic amines is 1. The summed E-state index contributed by atoms with van der Waals surface area (Å²) in [5, 5.41) is 6.82. The number of likely N-dealkylation sites (tertiary alicyclic amines) is 1. The molecule has 2 amide bonds. The molecule has 3 heterocycles. The van der Waals surface area contributed by atoms with Crippen LogP contribution in [0.2, 0.25) is 0 Å². The Bertz CT molecular complexity index is 877. The van der Waals surface area contributed by atoms with Gasteiger partial charge in [0.25, 0.3) is 0 Å². The van der Waals surface area contributed by atoms with Crippen LogP contribution in [-0.4, -0.2) is 75.9 Å². The molecule has 2 aromatic heterocycles. The zero-order chi connectivity index (χ0) is 23.1. The van der Waals surface area contributed by atoms with Crippen LogP contribution in [0.15, 0.2) is 30.6 Å². The molecule has 0 radical (unpaired) electrons. The molecule has 0 bridgehead atoms. The first kappa shape index (κ1) is 23.6. The average molecular weight is 444 g/mol. The van der Waals surface area contributed by atoms with Crippen LogP contribution in [0.1, 0.15) is 40.0 Å². The lowest BCUT2D eigenvalue weighted by atomic mass is 9.98. The molecule has 9 heteroatoms. The number of H-pyrrole nitrogens is 1. The summed E-state index contributed by atoms with van der Waals surface area (Å²) in [5.74, 6) is 1.02. The molecule has 0 aromatic carbocycles. The van der Waals surface area contributed by atoms with E-state index in [0.29, 0.717) is 25.4 Å². The van der Waals surface area contributed by atoms with Crippen molar-refractivity contribution in [1.29, 1.82) is 0 Å². The Kier molecular flexibility index (Phi) is 7.71. The lowest BCUT2D eigenvalue weighted by Gasteiger charge is -2.33. The van der Waals surface area contributed by atoms with Crippen LogP contribution in [0.3, 0.4) is 0 Å². The van der Waals surface area contributed by atoms with E-state index in [2.05, 4.69) is 15.2 Å². The molecule has 1 N–H and O–H groups in total. The molecule has 9 nitrogen and oxygen atoms in total. The minimum Gasteiger partial charge on any atom is -0.492 e. The lowest BCUT2D eigenvalue weighted by Crippen LogP contribution is -2.43. The number of rotatable bonds is 7. The normalized spacial score (nSPS) is 16.5. The molecule has 1 saturated heterocycles. The number of ether oxygens (including phenoxy) is 2. The maximum absolute atomic E-state index is 12.7. The van der Waals surface area contributed by atoms with Crippen molar-refractivity contribution in [2.24, 2.45) is 5.92 Å². The number of pyridine rings is 1. The zero-order valence-corrected chi connectivity index (χ0v) is 19.3. The van der Waals surface area contributed by atoms with Gasteiger partial charge in [0.05, 0.1) is 24.2 Å². The largest absolute Gasteiger partial charge is 0.492 e. The first-order chi connectivity index (χ1) is 15.2. The molecule has 1 aliphatic rings. The van der Waals surface area contributed by atoms with Crippen molar-refractivity contribution in [3.63, 3.8) is 0 Å². The van der Waals surface area contributed by atoms with Crippen LogP contribution in [0.5, 0.6) is 5.75 Å². The Morgan fingerprint density at radius 2 is 2.09 bits per heavy atom. The number of nitrogens with zero attached hydrogens (tertiary/aromatic N) is 4. The molecule has 1 fully saturated rings. The Labute approximate surface area is 189 Å². The number of nitrogens with one attached hydrogen (secondary N) is 1. The van der Waals surface area contributed by atoms with Crippen molar-refractivity contribution in [3.8, 4) is 17.1 Å². The van der Waals surface area contributed by atoms with Gasteiger partial charge in [-0.05, 0) is 51.8 Å². The van der Waals surface area contributed by atoms with Crippen LogP contribution in [0.25, 0.3) is 11.4 Å². The first-order valence-corrected chi connectivity index (χ1v) is 11.0. The highest BCUT2D eigenvalue weighted by molar-refractivity contribution is 5.77. The van der Waals surface area contributed by atoms with E-state index >= 15 is 0 Å². The van der Waals surface area contributed by atoms with Gasteiger partial charge in [0.15, 0.2) is 0 Å². The highest BCUT2D eigenvalue weighted by Gasteiger charge is 2.25. The Hall–Kier alpha value is -3.10. The van der Waals surface area contributed by atoms with Crippen molar-refractivity contribution < 1.29 is 19.1 Å². The number of piperidine rings is 1. The summed E-state index contributed by atoms with van der Waals surface area (Å²) < 4.78 is 11.3. The van der Waals surface area contributed by atoms with Gasteiger partial charge in [0.2, 0.25) is 5.91 Å². The van der Waals surface area contributed by atoms with Gasteiger partial charge in [-0.25, -0.2) is 4.79 Å². The van der Waals surface area contributed by atoms with Crippen molar-refractivity contribution in [3.05, 3.63) is 30.6 Å². The van der Waals surface area contributed by atoms with Gasteiger partial charge in [-0.3, -0.25) is 14.9 Å². The van der Waals surface area contributed by atoms with Crippen molar-refractivity contribution in [2.45, 2.75) is 45.6 Å². The molecule has 1 atom stereocenters. The van der Waals surface area contributed by atoms with Gasteiger partial charge >= 0.3 is 6.09 Å². The molecular weight excluding hydrogens is 410 g/mol. The number of hydrogen-bond donors (Lipinski definition) is 1. The Morgan fingerprint density at radius 3 is 2.75 bits per heavy atom. The minimum absolute atomic E-state index is 0.0516. The van der Waals surface area contributed by atoms with Gasteiger partial charge in [0, 0.05) is 45.2 Å². The van der Waals surface area contributed by atoms with E-state index in [1.807, 2.05) is 43.9 Å². The zero-order valence-electron chi connectivity index (χ0n) is 19.3. The molecule has 0 spiro atoms. The third-order valence-electron chi connectivity index (χ3n) is 5.24. The van der Waals surface area contributed by atoms with Crippen LogP contribution in [-0.2, 0) is 9.53 Å². The molecule has 0 unspecified atom stereocenters. The third kappa shape index (κ3) is 6.96. The molecule has 1 aliphatic heterocycles. The Morgan fingerprint density at radius 1 is 1.28 bits per heavy atom. The second-order valence-corrected chi connectivity index (χ2v) is 9.16. The molecule has 174 valence electrons. The van der Waals surface area contributed by atoms with Crippen LogP contribution >= 0.6 is 0 Å². The molecule has 32 heavy (non-hydrogen) atoms. The molecule has 3 rings (SSSR count). The number of hydrogen-bond acceptors (Lipinski definition) is 6. The SMILES string of the molecule is CN(CCC(=O)N1CCC[C@@H](COc2ccc(-c3ccn[nH]3)nc2)C1)C(=O)OC(C)(C)C. The number of amides is 2. The number of carbonyl (C=O) groups excluding carboxylic acids is 2. The van der Waals surface area contributed by atoms with E-state index in [1.54, 1.807) is 19.4 Å².